The Morgan fingerprint density at radius 3 is 2.06 bits per heavy atom. The number of aromatic nitrogens is 3. The highest BCUT2D eigenvalue weighted by Gasteiger charge is 2.21. The molecule has 2 N–H and O–H groups in total. The number of rotatable bonds is 8. The van der Waals surface area contributed by atoms with E-state index in [0.29, 0.717) is 23.4 Å². The van der Waals surface area contributed by atoms with Gasteiger partial charge in [-0.3, -0.25) is 0 Å². The number of phenolic OH excluding ortho intramolecular Hbond substituents is 1. The van der Waals surface area contributed by atoms with Gasteiger partial charge < -0.3 is 19.8 Å². The van der Waals surface area contributed by atoms with E-state index in [-0.39, 0.29) is 5.75 Å². The van der Waals surface area contributed by atoms with Crippen molar-refractivity contribution in [1.82, 2.24) is 15.0 Å². The quantitative estimate of drug-likeness (QED) is 0.493. The molecule has 2 aliphatic heterocycles. The summed E-state index contributed by atoms with van der Waals surface area (Å²) < 4.78 is 0. The summed E-state index contributed by atoms with van der Waals surface area (Å²) in [6.07, 6.45) is 6.24. The van der Waals surface area contributed by atoms with Gasteiger partial charge in [0.1, 0.15) is 5.75 Å². The highest BCUT2D eigenvalue weighted by molar-refractivity contribution is 5.84. The number of hydrogen-bond donors (Lipinski definition) is 2. The van der Waals surface area contributed by atoms with Crippen molar-refractivity contribution in [1.29, 1.82) is 0 Å². The van der Waals surface area contributed by atoms with Crippen LogP contribution in [0.3, 0.4) is 0 Å². The molecule has 0 saturated carbocycles. The second kappa shape index (κ2) is 9.80. The lowest BCUT2D eigenvalue weighted by atomic mass is 10.2. The Morgan fingerprint density at radius 1 is 0.968 bits per heavy atom. The molecular weight excluding hydrogens is 392 g/mol. The summed E-state index contributed by atoms with van der Waals surface area (Å²) in [5.41, 5.74) is 4.57. The lowest BCUT2D eigenvalue weighted by molar-refractivity contribution is 0.474. The molecule has 2 fully saturated rings. The van der Waals surface area contributed by atoms with Crippen molar-refractivity contribution in [3.63, 3.8) is 0 Å². The molecule has 3 heterocycles. The van der Waals surface area contributed by atoms with Gasteiger partial charge in [-0.15, -0.1) is 0 Å². The first kappa shape index (κ1) is 21.1. The van der Waals surface area contributed by atoms with Crippen LogP contribution in [0.5, 0.6) is 5.75 Å². The molecule has 0 spiro atoms. The maximum absolute atomic E-state index is 10.4. The predicted molar refractivity (Wildman–Crippen MR) is 126 cm³/mol. The fraction of sp³-hybridized carbons (Fsp3) is 0.545. The third-order valence-electron chi connectivity index (χ3n) is 5.90. The zero-order valence-corrected chi connectivity index (χ0v) is 18.5. The zero-order valence-electron chi connectivity index (χ0n) is 18.5. The molecule has 166 valence electrons. The van der Waals surface area contributed by atoms with Crippen molar-refractivity contribution in [2.75, 3.05) is 59.4 Å². The fourth-order valence-electron chi connectivity index (χ4n) is 4.11. The largest absolute Gasteiger partial charge is 0.507 e. The molecule has 2 saturated heterocycles. The average Bonchev–Trinajstić information content (AvgIpc) is 3.50. The van der Waals surface area contributed by atoms with Crippen LogP contribution in [0, 0.1) is 0 Å². The van der Waals surface area contributed by atoms with Gasteiger partial charge in [-0.25, -0.2) is 5.43 Å². The van der Waals surface area contributed by atoms with E-state index < -0.39 is 0 Å². The second-order valence-corrected chi connectivity index (χ2v) is 7.93. The lowest BCUT2D eigenvalue weighted by Crippen LogP contribution is -2.25. The van der Waals surface area contributed by atoms with Crippen LogP contribution in [0.1, 0.15) is 45.1 Å². The number of anilines is 4. The molecule has 2 aliphatic rings. The van der Waals surface area contributed by atoms with E-state index in [2.05, 4.69) is 49.0 Å². The topological polar surface area (TPSA) is 93.0 Å². The summed E-state index contributed by atoms with van der Waals surface area (Å²) in [5.74, 6) is 2.03. The molecule has 9 heteroatoms. The van der Waals surface area contributed by atoms with E-state index in [1.165, 1.54) is 0 Å². The van der Waals surface area contributed by atoms with Gasteiger partial charge in [0.25, 0.3) is 0 Å². The predicted octanol–water partition coefficient (Wildman–Crippen LogP) is 3.07. The minimum Gasteiger partial charge on any atom is -0.507 e. The maximum Gasteiger partial charge on any atom is 0.250 e. The van der Waals surface area contributed by atoms with Crippen LogP contribution in [0.4, 0.5) is 23.5 Å². The SMILES string of the molecule is CCN(CC)c1ccc(/C=N\Nc2nc(N3CCCC3)nc(N3CCCC3)n2)c(O)c1. The Balaban J connectivity index is 1.51. The van der Waals surface area contributed by atoms with Crippen LogP contribution in [-0.2, 0) is 0 Å². The van der Waals surface area contributed by atoms with Gasteiger partial charge >= 0.3 is 0 Å². The van der Waals surface area contributed by atoms with Crippen LogP contribution in [0.15, 0.2) is 23.3 Å². The number of benzene rings is 1. The van der Waals surface area contributed by atoms with Crippen LogP contribution in [0.2, 0.25) is 0 Å². The van der Waals surface area contributed by atoms with E-state index in [1.807, 2.05) is 12.1 Å². The molecular formula is C22H32N8O. The molecule has 9 nitrogen and oxygen atoms in total. The Hall–Kier alpha value is -3.10. The number of aromatic hydroxyl groups is 1. The highest BCUT2D eigenvalue weighted by atomic mass is 16.3. The average molecular weight is 425 g/mol. The molecule has 0 unspecified atom stereocenters. The minimum absolute atomic E-state index is 0.195. The summed E-state index contributed by atoms with van der Waals surface area (Å²) >= 11 is 0. The number of nitrogens with zero attached hydrogens (tertiary/aromatic N) is 7. The Labute approximate surface area is 183 Å². The van der Waals surface area contributed by atoms with Crippen molar-refractivity contribution in [3.05, 3.63) is 23.8 Å². The Kier molecular flexibility index (Phi) is 6.69. The zero-order chi connectivity index (χ0) is 21.6. The first-order valence-corrected chi connectivity index (χ1v) is 11.3. The first-order valence-electron chi connectivity index (χ1n) is 11.3. The molecule has 1 aromatic heterocycles. The summed E-state index contributed by atoms with van der Waals surface area (Å²) in [6.45, 7) is 9.87. The van der Waals surface area contributed by atoms with Gasteiger partial charge in [0, 0.05) is 56.6 Å². The number of hydrogen-bond acceptors (Lipinski definition) is 9. The standard InChI is InChI=1S/C22H32N8O/c1-3-28(4-2)18-10-9-17(19(31)15-18)16-23-27-20-24-21(29-11-5-6-12-29)26-22(25-20)30-13-7-8-14-30/h9-10,15-16,31H,3-8,11-14H2,1-2H3,(H,24,25,26,27)/b23-16-. The first-order chi connectivity index (χ1) is 15.2. The molecule has 0 radical (unpaired) electrons. The smallest absolute Gasteiger partial charge is 0.250 e. The van der Waals surface area contributed by atoms with E-state index >= 15 is 0 Å². The molecule has 0 bridgehead atoms. The molecule has 0 aliphatic carbocycles. The normalized spacial score (nSPS) is 16.5. The van der Waals surface area contributed by atoms with E-state index in [1.54, 1.807) is 12.3 Å². The Morgan fingerprint density at radius 2 is 1.55 bits per heavy atom. The summed E-state index contributed by atoms with van der Waals surface area (Å²) in [6, 6.07) is 5.63. The summed E-state index contributed by atoms with van der Waals surface area (Å²) in [5, 5.41) is 14.7. The van der Waals surface area contributed by atoms with Crippen molar-refractivity contribution in [2.24, 2.45) is 5.10 Å². The monoisotopic (exact) mass is 424 g/mol. The molecule has 2 aromatic rings. The molecule has 1 aromatic carbocycles. The van der Waals surface area contributed by atoms with Gasteiger partial charge in [0.2, 0.25) is 17.8 Å². The molecule has 31 heavy (non-hydrogen) atoms. The van der Waals surface area contributed by atoms with Crippen molar-refractivity contribution >= 4 is 29.7 Å². The van der Waals surface area contributed by atoms with E-state index in [4.69, 9.17) is 4.98 Å². The van der Waals surface area contributed by atoms with Crippen LogP contribution in [0.25, 0.3) is 0 Å². The maximum atomic E-state index is 10.4. The van der Waals surface area contributed by atoms with Crippen molar-refractivity contribution < 1.29 is 5.11 Å². The van der Waals surface area contributed by atoms with Crippen molar-refractivity contribution in [2.45, 2.75) is 39.5 Å². The number of hydrazone groups is 1. The van der Waals surface area contributed by atoms with Gasteiger partial charge in [-0.1, -0.05) is 0 Å². The molecule has 0 amide bonds. The van der Waals surface area contributed by atoms with E-state index in [9.17, 15) is 5.11 Å². The minimum atomic E-state index is 0.195. The van der Waals surface area contributed by atoms with Gasteiger partial charge in [-0.05, 0) is 51.7 Å². The molecule has 0 atom stereocenters. The summed E-state index contributed by atoms with van der Waals surface area (Å²) in [4.78, 5) is 20.5. The van der Waals surface area contributed by atoms with Crippen LogP contribution >= 0.6 is 0 Å². The lowest BCUT2D eigenvalue weighted by Gasteiger charge is -2.21. The number of phenols is 1. The second-order valence-electron chi connectivity index (χ2n) is 7.93. The Bertz CT molecular complexity index is 868. The van der Waals surface area contributed by atoms with Crippen LogP contribution < -0.4 is 20.1 Å². The fourth-order valence-corrected chi connectivity index (χ4v) is 4.11. The number of nitrogens with one attached hydrogen (secondary N) is 1. The third-order valence-corrected chi connectivity index (χ3v) is 5.90. The van der Waals surface area contributed by atoms with Crippen molar-refractivity contribution in [3.8, 4) is 5.75 Å². The van der Waals surface area contributed by atoms with Crippen LogP contribution in [-0.4, -0.2) is 65.5 Å². The van der Waals surface area contributed by atoms with E-state index in [0.717, 1.165) is 70.6 Å². The van der Waals surface area contributed by atoms with Gasteiger partial charge in [-0.2, -0.15) is 20.1 Å². The molecule has 4 rings (SSSR count). The van der Waals surface area contributed by atoms with Gasteiger partial charge in [0.05, 0.1) is 6.21 Å². The summed E-state index contributed by atoms with van der Waals surface area (Å²) in [7, 11) is 0. The third kappa shape index (κ3) is 4.98. The van der Waals surface area contributed by atoms with Gasteiger partial charge in [0.15, 0.2) is 0 Å². The highest BCUT2D eigenvalue weighted by Crippen LogP contribution is 2.25.